The van der Waals surface area contributed by atoms with Crippen molar-refractivity contribution in [2.45, 2.75) is 72.4 Å². The summed E-state index contributed by atoms with van der Waals surface area (Å²) in [6, 6.07) is 1.05. The lowest BCUT2D eigenvalue weighted by atomic mass is 10.1. The van der Waals surface area contributed by atoms with E-state index in [1.165, 1.54) is 12.8 Å². The fraction of sp³-hybridized carbons (Fsp3) is 0.923. The van der Waals surface area contributed by atoms with E-state index in [9.17, 15) is 0 Å². The van der Waals surface area contributed by atoms with E-state index in [0.717, 1.165) is 24.5 Å². The van der Waals surface area contributed by atoms with Crippen LogP contribution in [0.15, 0.2) is 0 Å². The Morgan fingerprint density at radius 3 is 2.00 bits per heavy atom. The zero-order valence-electron chi connectivity index (χ0n) is 11.5. The summed E-state index contributed by atoms with van der Waals surface area (Å²) in [5.74, 6) is 0. The molecule has 0 rings (SSSR count). The van der Waals surface area contributed by atoms with Crippen LogP contribution in [0.3, 0.4) is 0 Å². The molecule has 0 aromatic carbocycles. The number of unbranched alkanes of at least 4 members (excludes halogenated alkanes) is 1. The quantitative estimate of drug-likeness (QED) is 0.544. The van der Waals surface area contributed by atoms with Crippen molar-refractivity contribution in [2.24, 2.45) is 0 Å². The summed E-state index contributed by atoms with van der Waals surface area (Å²) in [6.45, 7) is 12.1. The van der Waals surface area contributed by atoms with E-state index in [-0.39, 0.29) is 0 Å². The second-order valence-electron chi connectivity index (χ2n) is 4.51. The van der Waals surface area contributed by atoms with Crippen LogP contribution in [0.2, 0.25) is 0 Å². The minimum absolute atomic E-state index is 0.525. The molecule has 0 aromatic heterocycles. The van der Waals surface area contributed by atoms with E-state index in [0.29, 0.717) is 12.1 Å². The Kier molecular flexibility index (Phi) is 8.63. The largest absolute Gasteiger partial charge is 0.363 e. The zero-order valence-corrected chi connectivity index (χ0v) is 12.4. The molecule has 2 nitrogen and oxygen atoms in total. The topological polar surface area (TPSA) is 15.3 Å². The van der Waals surface area contributed by atoms with Gasteiger partial charge in [-0.3, -0.25) is 0 Å². The van der Waals surface area contributed by atoms with Crippen LogP contribution in [0.5, 0.6) is 0 Å². The molecule has 0 bridgehead atoms. The third-order valence-corrected chi connectivity index (χ3v) is 3.53. The average Bonchev–Trinajstić information content (AvgIpc) is 2.29. The highest BCUT2D eigenvalue weighted by Gasteiger charge is 2.19. The summed E-state index contributed by atoms with van der Waals surface area (Å²) >= 11 is 5.49. The second kappa shape index (κ2) is 8.80. The highest BCUT2D eigenvalue weighted by molar-refractivity contribution is 7.80. The van der Waals surface area contributed by atoms with Crippen LogP contribution in [-0.4, -0.2) is 28.6 Å². The van der Waals surface area contributed by atoms with Gasteiger partial charge in [-0.25, -0.2) is 0 Å². The lowest BCUT2D eigenvalue weighted by Crippen LogP contribution is -2.49. The maximum absolute atomic E-state index is 5.49. The molecule has 0 aliphatic rings. The number of nitrogens with one attached hydrogen (secondary N) is 1. The molecule has 2 atom stereocenters. The van der Waals surface area contributed by atoms with Crippen LogP contribution in [0.1, 0.15) is 60.3 Å². The summed E-state index contributed by atoms with van der Waals surface area (Å²) in [5, 5.41) is 4.30. The minimum atomic E-state index is 0.525. The van der Waals surface area contributed by atoms with Gasteiger partial charge >= 0.3 is 0 Å². The zero-order chi connectivity index (χ0) is 12.6. The third kappa shape index (κ3) is 5.15. The van der Waals surface area contributed by atoms with Crippen LogP contribution >= 0.6 is 12.2 Å². The van der Waals surface area contributed by atoms with Crippen molar-refractivity contribution in [1.82, 2.24) is 10.2 Å². The summed E-state index contributed by atoms with van der Waals surface area (Å²) in [5.41, 5.74) is 0. The molecule has 0 aromatic rings. The van der Waals surface area contributed by atoms with E-state index < -0.39 is 0 Å². The number of thiocarbonyl (C=S) groups is 1. The molecule has 3 heteroatoms. The molecular formula is C13H28N2S. The Hall–Kier alpha value is -0.310. The molecule has 0 radical (unpaired) electrons. The normalized spacial score (nSPS) is 14.3. The molecule has 1 N–H and O–H groups in total. The van der Waals surface area contributed by atoms with Gasteiger partial charge < -0.3 is 10.2 Å². The molecule has 0 saturated heterocycles. The van der Waals surface area contributed by atoms with Gasteiger partial charge in [-0.15, -0.1) is 0 Å². The molecule has 96 valence electrons. The smallest absolute Gasteiger partial charge is 0.169 e. The third-order valence-electron chi connectivity index (χ3n) is 3.17. The monoisotopic (exact) mass is 244 g/mol. The van der Waals surface area contributed by atoms with Crippen molar-refractivity contribution >= 4 is 17.3 Å². The first kappa shape index (κ1) is 15.7. The second-order valence-corrected chi connectivity index (χ2v) is 4.89. The van der Waals surface area contributed by atoms with E-state index in [2.05, 4.69) is 44.8 Å². The molecule has 0 aliphatic heterocycles. The molecule has 0 saturated carbocycles. The Balaban J connectivity index is 4.32. The molecule has 0 amide bonds. The standard InChI is InChI=1S/C13H28N2S/c1-6-9-10-14-13(16)15(11(4)7-2)12(5)8-3/h11-12H,6-10H2,1-5H3,(H,14,16). The fourth-order valence-electron chi connectivity index (χ4n) is 1.69. The summed E-state index contributed by atoms with van der Waals surface area (Å²) in [7, 11) is 0. The van der Waals surface area contributed by atoms with Gasteiger partial charge in [0.2, 0.25) is 0 Å². The summed E-state index contributed by atoms with van der Waals surface area (Å²) < 4.78 is 0. The predicted octanol–water partition coefficient (Wildman–Crippen LogP) is 3.56. The number of rotatable bonds is 7. The molecule has 0 spiro atoms. The van der Waals surface area contributed by atoms with Gasteiger partial charge in [0, 0.05) is 18.6 Å². The van der Waals surface area contributed by atoms with Crippen molar-refractivity contribution < 1.29 is 0 Å². The maximum atomic E-state index is 5.49. The summed E-state index contributed by atoms with van der Waals surface area (Å²) in [6.07, 6.45) is 4.68. The minimum Gasteiger partial charge on any atom is -0.363 e. The highest BCUT2D eigenvalue weighted by Crippen LogP contribution is 2.12. The lowest BCUT2D eigenvalue weighted by molar-refractivity contribution is 0.247. The average molecular weight is 244 g/mol. The summed E-state index contributed by atoms with van der Waals surface area (Å²) in [4.78, 5) is 2.35. The van der Waals surface area contributed by atoms with Crippen LogP contribution in [0.25, 0.3) is 0 Å². The van der Waals surface area contributed by atoms with Crippen LogP contribution in [0.4, 0.5) is 0 Å². The van der Waals surface area contributed by atoms with Gasteiger partial charge in [-0.05, 0) is 45.3 Å². The molecular weight excluding hydrogens is 216 g/mol. The molecule has 16 heavy (non-hydrogen) atoms. The molecule has 2 unspecified atom stereocenters. The van der Waals surface area contributed by atoms with Crippen molar-refractivity contribution in [2.75, 3.05) is 6.54 Å². The fourth-order valence-corrected chi connectivity index (χ4v) is 2.15. The van der Waals surface area contributed by atoms with Crippen molar-refractivity contribution in [1.29, 1.82) is 0 Å². The van der Waals surface area contributed by atoms with Crippen molar-refractivity contribution in [3.63, 3.8) is 0 Å². The molecule has 0 heterocycles. The van der Waals surface area contributed by atoms with E-state index in [1.807, 2.05) is 0 Å². The van der Waals surface area contributed by atoms with Gasteiger partial charge in [-0.2, -0.15) is 0 Å². The predicted molar refractivity (Wildman–Crippen MR) is 76.9 cm³/mol. The van der Waals surface area contributed by atoms with Gasteiger partial charge in [0.15, 0.2) is 5.11 Å². The highest BCUT2D eigenvalue weighted by atomic mass is 32.1. The Labute approximate surface area is 107 Å². The van der Waals surface area contributed by atoms with Gasteiger partial charge in [-0.1, -0.05) is 27.2 Å². The van der Waals surface area contributed by atoms with Crippen LogP contribution < -0.4 is 5.32 Å². The van der Waals surface area contributed by atoms with Crippen molar-refractivity contribution in [3.05, 3.63) is 0 Å². The van der Waals surface area contributed by atoms with Crippen LogP contribution in [0, 0.1) is 0 Å². The number of nitrogens with zero attached hydrogens (tertiary/aromatic N) is 1. The first-order valence-electron chi connectivity index (χ1n) is 6.64. The van der Waals surface area contributed by atoms with E-state index in [4.69, 9.17) is 12.2 Å². The van der Waals surface area contributed by atoms with E-state index >= 15 is 0 Å². The number of hydrogen-bond acceptors (Lipinski definition) is 1. The van der Waals surface area contributed by atoms with Gasteiger partial charge in [0.05, 0.1) is 0 Å². The van der Waals surface area contributed by atoms with Gasteiger partial charge in [0.1, 0.15) is 0 Å². The first-order valence-corrected chi connectivity index (χ1v) is 7.05. The Morgan fingerprint density at radius 2 is 1.62 bits per heavy atom. The van der Waals surface area contributed by atoms with Crippen molar-refractivity contribution in [3.8, 4) is 0 Å². The first-order chi connectivity index (χ1) is 7.58. The molecule has 0 aliphatic carbocycles. The Morgan fingerprint density at radius 1 is 1.12 bits per heavy atom. The number of hydrogen-bond donors (Lipinski definition) is 1. The SMILES string of the molecule is CCCCNC(=S)N(C(C)CC)C(C)CC. The lowest BCUT2D eigenvalue weighted by Gasteiger charge is -2.36. The van der Waals surface area contributed by atoms with Crippen LogP contribution in [-0.2, 0) is 0 Å². The maximum Gasteiger partial charge on any atom is 0.169 e. The van der Waals surface area contributed by atoms with Gasteiger partial charge in [0.25, 0.3) is 0 Å². The Bertz CT molecular complexity index is 184. The molecule has 0 fully saturated rings. The van der Waals surface area contributed by atoms with E-state index in [1.54, 1.807) is 0 Å².